The minimum Gasteiger partial charge on any atom is -0.340 e. The van der Waals surface area contributed by atoms with E-state index < -0.39 is 0 Å². The van der Waals surface area contributed by atoms with Crippen molar-refractivity contribution in [1.29, 1.82) is 0 Å². The molecule has 0 spiro atoms. The first-order chi connectivity index (χ1) is 11.0. The van der Waals surface area contributed by atoms with Crippen LogP contribution in [0.25, 0.3) is 10.9 Å². The number of aromatic nitrogens is 2. The Hall–Kier alpha value is -1.99. The molecule has 7 heteroatoms. The van der Waals surface area contributed by atoms with Crippen molar-refractivity contribution in [2.24, 2.45) is 0 Å². The summed E-state index contributed by atoms with van der Waals surface area (Å²) >= 11 is 4.94. The van der Waals surface area contributed by atoms with E-state index in [4.69, 9.17) is 0 Å². The highest BCUT2D eigenvalue weighted by molar-refractivity contribution is 9.10. The molecule has 0 bridgehead atoms. The van der Waals surface area contributed by atoms with Gasteiger partial charge in [0.05, 0.1) is 17.2 Å². The summed E-state index contributed by atoms with van der Waals surface area (Å²) in [6.45, 7) is 0.512. The van der Waals surface area contributed by atoms with Crippen LogP contribution in [0.2, 0.25) is 0 Å². The Labute approximate surface area is 145 Å². The van der Waals surface area contributed by atoms with Crippen molar-refractivity contribution in [2.45, 2.75) is 13.1 Å². The third-order valence-electron chi connectivity index (χ3n) is 3.52. The van der Waals surface area contributed by atoms with E-state index in [1.165, 1.54) is 10.9 Å². The van der Waals surface area contributed by atoms with Crippen molar-refractivity contribution in [3.8, 4) is 0 Å². The molecule has 0 atom stereocenters. The molecule has 2 heterocycles. The predicted octanol–water partition coefficient (Wildman–Crippen LogP) is 2.88. The average Bonchev–Trinajstić information content (AvgIpc) is 3.03. The molecule has 0 saturated heterocycles. The fourth-order valence-electron chi connectivity index (χ4n) is 2.25. The normalized spacial score (nSPS) is 10.9. The molecule has 118 valence electrons. The Morgan fingerprint density at radius 1 is 1.39 bits per heavy atom. The van der Waals surface area contributed by atoms with Crippen LogP contribution < -0.4 is 5.56 Å². The second-order valence-electron chi connectivity index (χ2n) is 5.22. The van der Waals surface area contributed by atoms with Gasteiger partial charge in [-0.2, -0.15) is 11.3 Å². The number of hydrogen-bond donors (Lipinski definition) is 0. The molecule has 2 aromatic heterocycles. The Morgan fingerprint density at radius 2 is 2.22 bits per heavy atom. The zero-order chi connectivity index (χ0) is 16.4. The van der Waals surface area contributed by atoms with E-state index in [0.29, 0.717) is 17.4 Å². The van der Waals surface area contributed by atoms with E-state index in [0.717, 1.165) is 10.0 Å². The van der Waals surface area contributed by atoms with Crippen molar-refractivity contribution < 1.29 is 4.79 Å². The van der Waals surface area contributed by atoms with Crippen LogP contribution in [-0.2, 0) is 17.9 Å². The highest BCUT2D eigenvalue weighted by Crippen LogP contribution is 2.15. The predicted molar refractivity (Wildman–Crippen MR) is 94.5 cm³/mol. The smallest absolute Gasteiger partial charge is 0.261 e. The van der Waals surface area contributed by atoms with Crippen LogP contribution in [0.3, 0.4) is 0 Å². The summed E-state index contributed by atoms with van der Waals surface area (Å²) < 4.78 is 2.16. The number of likely N-dealkylation sites (N-methyl/N-ethyl adjacent to an activating group) is 1. The molecule has 0 saturated carbocycles. The first-order valence-electron chi connectivity index (χ1n) is 6.94. The van der Waals surface area contributed by atoms with Gasteiger partial charge in [-0.05, 0) is 40.6 Å². The van der Waals surface area contributed by atoms with Gasteiger partial charge in [0.2, 0.25) is 5.91 Å². The van der Waals surface area contributed by atoms with E-state index >= 15 is 0 Å². The Balaban J connectivity index is 1.82. The lowest BCUT2D eigenvalue weighted by Crippen LogP contribution is -2.33. The summed E-state index contributed by atoms with van der Waals surface area (Å²) in [5.74, 6) is -0.130. The minimum absolute atomic E-state index is 0.0189. The van der Waals surface area contributed by atoms with Crippen LogP contribution in [0.15, 0.2) is 50.6 Å². The van der Waals surface area contributed by atoms with Gasteiger partial charge < -0.3 is 4.90 Å². The molecule has 0 aliphatic heterocycles. The van der Waals surface area contributed by atoms with Gasteiger partial charge in [-0.15, -0.1) is 0 Å². The zero-order valence-electron chi connectivity index (χ0n) is 12.4. The number of fused-ring (bicyclic) bond motifs is 1. The molecule has 5 nitrogen and oxygen atoms in total. The molecule has 1 aromatic carbocycles. The molecule has 3 aromatic rings. The second kappa shape index (κ2) is 6.64. The summed E-state index contributed by atoms with van der Waals surface area (Å²) in [5, 5.41) is 4.48. The summed E-state index contributed by atoms with van der Waals surface area (Å²) in [5.41, 5.74) is 1.49. The molecule has 23 heavy (non-hydrogen) atoms. The SMILES string of the molecule is CN(Cc1ccsc1)C(=O)Cn1cnc2ccc(Br)cc2c1=O. The second-order valence-corrected chi connectivity index (χ2v) is 6.92. The first-order valence-corrected chi connectivity index (χ1v) is 8.68. The molecule has 3 rings (SSSR count). The molecule has 1 amide bonds. The summed E-state index contributed by atoms with van der Waals surface area (Å²) in [6, 6.07) is 7.31. The lowest BCUT2D eigenvalue weighted by molar-refractivity contribution is -0.131. The average molecular weight is 392 g/mol. The van der Waals surface area contributed by atoms with Gasteiger partial charge in [-0.3, -0.25) is 14.2 Å². The largest absolute Gasteiger partial charge is 0.340 e. The fraction of sp³-hybridized carbons (Fsp3) is 0.188. The van der Waals surface area contributed by atoms with Crippen molar-refractivity contribution >= 4 is 44.1 Å². The standard InChI is InChI=1S/C16H14BrN3O2S/c1-19(7-11-4-5-23-9-11)15(21)8-20-10-18-14-3-2-12(17)6-13(14)16(20)22/h2-6,9-10H,7-8H2,1H3. The third-order valence-corrected chi connectivity index (χ3v) is 4.74. The number of benzene rings is 1. The Morgan fingerprint density at radius 3 is 2.96 bits per heavy atom. The van der Waals surface area contributed by atoms with Crippen molar-refractivity contribution in [1.82, 2.24) is 14.5 Å². The highest BCUT2D eigenvalue weighted by atomic mass is 79.9. The van der Waals surface area contributed by atoms with E-state index in [1.807, 2.05) is 22.9 Å². The number of thiophene rings is 1. The fourth-order valence-corrected chi connectivity index (χ4v) is 3.28. The van der Waals surface area contributed by atoms with Gasteiger partial charge in [0.1, 0.15) is 6.54 Å². The minimum atomic E-state index is -0.214. The highest BCUT2D eigenvalue weighted by Gasteiger charge is 2.13. The summed E-state index contributed by atoms with van der Waals surface area (Å²) in [6.07, 6.45) is 1.43. The van der Waals surface area contributed by atoms with Crippen LogP contribution in [-0.4, -0.2) is 27.4 Å². The maximum Gasteiger partial charge on any atom is 0.261 e. The molecule has 0 N–H and O–H groups in total. The Bertz CT molecular complexity index is 905. The van der Waals surface area contributed by atoms with E-state index in [9.17, 15) is 9.59 Å². The number of halogens is 1. The van der Waals surface area contributed by atoms with E-state index in [-0.39, 0.29) is 18.0 Å². The number of nitrogens with zero attached hydrogens (tertiary/aromatic N) is 3. The number of rotatable bonds is 4. The van der Waals surface area contributed by atoms with E-state index in [2.05, 4.69) is 20.9 Å². The lowest BCUT2D eigenvalue weighted by atomic mass is 10.2. The first kappa shape index (κ1) is 15.9. The zero-order valence-corrected chi connectivity index (χ0v) is 14.8. The third kappa shape index (κ3) is 3.51. The van der Waals surface area contributed by atoms with E-state index in [1.54, 1.807) is 35.4 Å². The molecular formula is C16H14BrN3O2S. The van der Waals surface area contributed by atoms with Crippen molar-refractivity contribution in [3.63, 3.8) is 0 Å². The summed E-state index contributed by atoms with van der Waals surface area (Å²) in [4.78, 5) is 30.7. The van der Waals surface area contributed by atoms with Gasteiger partial charge in [0.15, 0.2) is 0 Å². The number of carbonyl (C=O) groups excluding carboxylic acids is 1. The van der Waals surface area contributed by atoms with Gasteiger partial charge in [0, 0.05) is 18.1 Å². The van der Waals surface area contributed by atoms with Gasteiger partial charge >= 0.3 is 0 Å². The van der Waals surface area contributed by atoms with Crippen LogP contribution in [0.5, 0.6) is 0 Å². The van der Waals surface area contributed by atoms with Gasteiger partial charge in [0.25, 0.3) is 5.56 Å². The van der Waals surface area contributed by atoms with Crippen LogP contribution in [0.1, 0.15) is 5.56 Å². The molecule has 0 aliphatic carbocycles. The molecule has 0 fully saturated rings. The maximum absolute atomic E-state index is 12.5. The van der Waals surface area contributed by atoms with Crippen LogP contribution in [0, 0.1) is 0 Å². The molecule has 0 radical (unpaired) electrons. The number of amides is 1. The van der Waals surface area contributed by atoms with Crippen molar-refractivity contribution in [2.75, 3.05) is 7.05 Å². The van der Waals surface area contributed by atoms with Crippen LogP contribution >= 0.6 is 27.3 Å². The topological polar surface area (TPSA) is 55.2 Å². The van der Waals surface area contributed by atoms with Gasteiger partial charge in [-0.1, -0.05) is 15.9 Å². The monoisotopic (exact) mass is 391 g/mol. The van der Waals surface area contributed by atoms with Crippen LogP contribution in [0.4, 0.5) is 0 Å². The lowest BCUT2D eigenvalue weighted by Gasteiger charge is -2.17. The number of carbonyl (C=O) groups is 1. The van der Waals surface area contributed by atoms with Gasteiger partial charge in [-0.25, -0.2) is 4.98 Å². The summed E-state index contributed by atoms with van der Waals surface area (Å²) in [7, 11) is 1.73. The maximum atomic E-state index is 12.5. The Kier molecular flexibility index (Phi) is 4.58. The number of hydrogen-bond acceptors (Lipinski definition) is 4. The molecule has 0 aliphatic rings. The van der Waals surface area contributed by atoms with Crippen molar-refractivity contribution in [3.05, 3.63) is 61.7 Å². The molecular weight excluding hydrogens is 378 g/mol. The quantitative estimate of drug-likeness (QED) is 0.686. The molecule has 0 unspecified atom stereocenters.